The van der Waals surface area contributed by atoms with E-state index in [0.29, 0.717) is 17.0 Å². The number of nitrogens with zero attached hydrogens (tertiary/aromatic N) is 1. The van der Waals surface area contributed by atoms with E-state index in [9.17, 15) is 4.79 Å². The number of pyridine rings is 1. The molecule has 4 nitrogen and oxygen atoms in total. The number of fused-ring (bicyclic) bond motifs is 1. The zero-order valence-electron chi connectivity index (χ0n) is 16.0. The summed E-state index contributed by atoms with van der Waals surface area (Å²) in [4.78, 5) is 17.8. The van der Waals surface area contributed by atoms with Crippen molar-refractivity contribution in [3.05, 3.63) is 88.4 Å². The molecule has 0 aliphatic rings. The van der Waals surface area contributed by atoms with Crippen LogP contribution < -0.4 is 9.47 Å². The van der Waals surface area contributed by atoms with Gasteiger partial charge in [0.25, 0.3) is 0 Å². The Morgan fingerprint density at radius 1 is 0.897 bits per heavy atom. The molecule has 0 aliphatic carbocycles. The Labute approximate surface area is 177 Å². The summed E-state index contributed by atoms with van der Waals surface area (Å²) in [6.45, 7) is 1.99. The van der Waals surface area contributed by atoms with Gasteiger partial charge in [0.2, 0.25) is 0 Å². The fourth-order valence-electron chi connectivity index (χ4n) is 3.08. The van der Waals surface area contributed by atoms with Crippen LogP contribution in [0.3, 0.4) is 0 Å². The molecule has 0 bridgehead atoms. The summed E-state index contributed by atoms with van der Waals surface area (Å²) >= 11 is 3.39. The van der Waals surface area contributed by atoms with E-state index in [-0.39, 0.29) is 0 Å². The fourth-order valence-corrected chi connectivity index (χ4v) is 3.35. The number of carbonyl (C=O) groups is 1. The highest BCUT2D eigenvalue weighted by Crippen LogP contribution is 2.28. The number of rotatable bonds is 4. The van der Waals surface area contributed by atoms with Gasteiger partial charge in [-0.2, -0.15) is 0 Å². The minimum atomic E-state index is -0.417. The number of aryl methyl sites for hydroxylation is 1. The van der Waals surface area contributed by atoms with Gasteiger partial charge in [0.05, 0.1) is 23.9 Å². The molecular weight excluding hydrogens is 430 g/mol. The van der Waals surface area contributed by atoms with E-state index in [1.165, 1.54) is 0 Å². The van der Waals surface area contributed by atoms with Crippen molar-refractivity contribution >= 4 is 32.8 Å². The van der Waals surface area contributed by atoms with Gasteiger partial charge in [0.1, 0.15) is 11.5 Å². The van der Waals surface area contributed by atoms with E-state index in [4.69, 9.17) is 14.5 Å². The van der Waals surface area contributed by atoms with E-state index in [2.05, 4.69) is 15.9 Å². The molecule has 0 saturated heterocycles. The molecule has 4 rings (SSSR count). The summed E-state index contributed by atoms with van der Waals surface area (Å²) in [6.07, 6.45) is 0. The number of ether oxygens (including phenoxy) is 2. The predicted octanol–water partition coefficient (Wildman–Crippen LogP) is 6.20. The molecule has 0 atom stereocenters. The molecule has 144 valence electrons. The van der Waals surface area contributed by atoms with Gasteiger partial charge in [0.15, 0.2) is 0 Å². The van der Waals surface area contributed by atoms with Gasteiger partial charge in [0, 0.05) is 15.4 Å². The maximum absolute atomic E-state index is 13.0. The SMILES string of the molecule is COc1ccc(-c2cc(C(=O)Oc3ccc(Br)cc3)c3cc(C)ccc3n2)cc1. The number of esters is 1. The van der Waals surface area contributed by atoms with Gasteiger partial charge in [-0.05, 0) is 73.7 Å². The highest BCUT2D eigenvalue weighted by Gasteiger charge is 2.16. The summed E-state index contributed by atoms with van der Waals surface area (Å²) in [5.41, 5.74) is 3.87. The molecule has 0 fully saturated rings. The Hall–Kier alpha value is -3.18. The van der Waals surface area contributed by atoms with Crippen molar-refractivity contribution in [2.45, 2.75) is 6.92 Å². The summed E-state index contributed by atoms with van der Waals surface area (Å²) < 4.78 is 11.8. The van der Waals surface area contributed by atoms with Gasteiger partial charge in [-0.1, -0.05) is 27.6 Å². The van der Waals surface area contributed by atoms with Crippen LogP contribution in [0.2, 0.25) is 0 Å². The van der Waals surface area contributed by atoms with Gasteiger partial charge >= 0.3 is 5.97 Å². The van der Waals surface area contributed by atoms with E-state index < -0.39 is 5.97 Å². The average molecular weight is 448 g/mol. The highest BCUT2D eigenvalue weighted by molar-refractivity contribution is 9.10. The summed E-state index contributed by atoms with van der Waals surface area (Å²) in [6, 6.07) is 22.4. The molecule has 3 aromatic carbocycles. The maximum atomic E-state index is 13.0. The molecule has 0 aliphatic heterocycles. The van der Waals surface area contributed by atoms with Crippen LogP contribution in [0.25, 0.3) is 22.2 Å². The van der Waals surface area contributed by atoms with Crippen molar-refractivity contribution in [1.29, 1.82) is 0 Å². The monoisotopic (exact) mass is 447 g/mol. The first-order chi connectivity index (χ1) is 14.0. The van der Waals surface area contributed by atoms with Crippen molar-refractivity contribution in [3.8, 4) is 22.8 Å². The molecule has 4 aromatic rings. The van der Waals surface area contributed by atoms with Crippen LogP contribution in [0.1, 0.15) is 15.9 Å². The van der Waals surface area contributed by atoms with Crippen LogP contribution in [-0.2, 0) is 0 Å². The molecule has 1 heterocycles. The minimum Gasteiger partial charge on any atom is -0.497 e. The van der Waals surface area contributed by atoms with Crippen LogP contribution in [-0.4, -0.2) is 18.1 Å². The van der Waals surface area contributed by atoms with E-state index in [1.54, 1.807) is 25.3 Å². The first kappa shape index (κ1) is 19.2. The Bertz CT molecular complexity index is 1190. The quantitative estimate of drug-likeness (QED) is 0.276. The fraction of sp³-hybridized carbons (Fsp3) is 0.0833. The molecule has 0 unspecified atom stereocenters. The second-order valence-electron chi connectivity index (χ2n) is 6.65. The molecule has 0 spiro atoms. The number of hydrogen-bond donors (Lipinski definition) is 0. The lowest BCUT2D eigenvalue weighted by molar-refractivity contribution is 0.0737. The zero-order valence-corrected chi connectivity index (χ0v) is 17.6. The van der Waals surface area contributed by atoms with Gasteiger partial charge in [-0.15, -0.1) is 0 Å². The lowest BCUT2D eigenvalue weighted by Gasteiger charge is -2.11. The molecule has 0 radical (unpaired) electrons. The topological polar surface area (TPSA) is 48.4 Å². The highest BCUT2D eigenvalue weighted by atomic mass is 79.9. The molecule has 1 aromatic heterocycles. The van der Waals surface area contributed by atoms with Crippen molar-refractivity contribution in [3.63, 3.8) is 0 Å². The number of methoxy groups -OCH3 is 1. The first-order valence-corrected chi connectivity index (χ1v) is 9.86. The summed E-state index contributed by atoms with van der Waals surface area (Å²) in [7, 11) is 1.63. The average Bonchev–Trinajstić information content (AvgIpc) is 2.74. The first-order valence-electron chi connectivity index (χ1n) is 9.07. The Kier molecular flexibility index (Phi) is 5.32. The number of benzene rings is 3. The normalized spacial score (nSPS) is 10.7. The van der Waals surface area contributed by atoms with Crippen molar-refractivity contribution < 1.29 is 14.3 Å². The molecular formula is C24H18BrNO3. The van der Waals surface area contributed by atoms with Gasteiger partial charge in [-0.25, -0.2) is 9.78 Å². The number of aromatic nitrogens is 1. The lowest BCUT2D eigenvalue weighted by atomic mass is 10.0. The smallest absolute Gasteiger partial charge is 0.344 e. The molecule has 0 saturated carbocycles. The van der Waals surface area contributed by atoms with Crippen molar-refractivity contribution in [1.82, 2.24) is 4.98 Å². The number of halogens is 1. The van der Waals surface area contributed by atoms with Crippen LogP contribution in [0.5, 0.6) is 11.5 Å². The van der Waals surface area contributed by atoms with E-state index in [1.807, 2.05) is 61.5 Å². The zero-order chi connectivity index (χ0) is 20.4. The maximum Gasteiger partial charge on any atom is 0.344 e. The third-order valence-corrected chi connectivity index (χ3v) is 5.12. The molecule has 29 heavy (non-hydrogen) atoms. The predicted molar refractivity (Wildman–Crippen MR) is 118 cm³/mol. The Balaban J connectivity index is 1.80. The van der Waals surface area contributed by atoms with Crippen LogP contribution in [0.4, 0.5) is 0 Å². The van der Waals surface area contributed by atoms with Gasteiger partial charge < -0.3 is 9.47 Å². The molecule has 0 N–H and O–H groups in total. The Morgan fingerprint density at radius 3 is 2.28 bits per heavy atom. The minimum absolute atomic E-state index is 0.417. The van der Waals surface area contributed by atoms with Gasteiger partial charge in [-0.3, -0.25) is 0 Å². The lowest BCUT2D eigenvalue weighted by Crippen LogP contribution is -2.10. The van der Waals surface area contributed by atoms with Crippen LogP contribution >= 0.6 is 15.9 Å². The summed E-state index contributed by atoms with van der Waals surface area (Å²) in [5.74, 6) is 0.835. The number of hydrogen-bond acceptors (Lipinski definition) is 4. The standard InChI is InChI=1S/C24H18BrNO3/c1-15-3-12-22-20(13-15)21(24(27)29-19-10-6-17(25)7-11-19)14-23(26-22)16-4-8-18(28-2)9-5-16/h3-14H,1-2H3. The van der Waals surface area contributed by atoms with E-state index >= 15 is 0 Å². The third-order valence-electron chi connectivity index (χ3n) is 4.59. The van der Waals surface area contributed by atoms with Crippen molar-refractivity contribution in [2.75, 3.05) is 7.11 Å². The Morgan fingerprint density at radius 2 is 1.59 bits per heavy atom. The van der Waals surface area contributed by atoms with Crippen LogP contribution in [0.15, 0.2) is 77.3 Å². The largest absolute Gasteiger partial charge is 0.497 e. The molecule has 5 heteroatoms. The van der Waals surface area contributed by atoms with E-state index in [0.717, 1.165) is 32.3 Å². The second-order valence-corrected chi connectivity index (χ2v) is 7.56. The second kappa shape index (κ2) is 8.05. The van der Waals surface area contributed by atoms with Crippen LogP contribution in [0, 0.1) is 6.92 Å². The van der Waals surface area contributed by atoms with Crippen molar-refractivity contribution in [2.24, 2.45) is 0 Å². The summed E-state index contributed by atoms with van der Waals surface area (Å²) in [5, 5.41) is 0.768. The number of carbonyl (C=O) groups excluding carboxylic acids is 1. The molecule has 0 amide bonds. The third kappa shape index (κ3) is 4.15.